The Morgan fingerprint density at radius 3 is 1.30 bits per heavy atom. The summed E-state index contributed by atoms with van der Waals surface area (Å²) in [5, 5.41) is 3.87. The number of thiocarbonyl (C=S) groups is 1. The molecule has 3 aromatic rings. The Morgan fingerprint density at radius 2 is 1.04 bits per heavy atom. The van der Waals surface area contributed by atoms with Crippen LogP contribution in [0.4, 0.5) is 0 Å². The number of rotatable bonds is 5. The predicted molar refractivity (Wildman–Crippen MR) is 139 cm³/mol. The van der Waals surface area contributed by atoms with E-state index in [9.17, 15) is 0 Å². The molecule has 0 atom stereocenters. The summed E-state index contributed by atoms with van der Waals surface area (Å²) in [5.74, 6) is 0. The van der Waals surface area contributed by atoms with E-state index >= 15 is 0 Å². The summed E-state index contributed by atoms with van der Waals surface area (Å²) < 4.78 is -1.90. The topological polar surface area (TPSA) is 0 Å². The molecule has 0 fully saturated rings. The predicted octanol–water partition coefficient (Wildman–Crippen LogP) is 6.34. The summed E-state index contributed by atoms with van der Waals surface area (Å²) in [7, 11) is 0. The summed E-state index contributed by atoms with van der Waals surface area (Å²) in [6.45, 7) is 4.67. The van der Waals surface area contributed by atoms with Gasteiger partial charge in [0.2, 0.25) is 0 Å². The van der Waals surface area contributed by atoms with Crippen LogP contribution in [0, 0.1) is 0 Å². The van der Waals surface area contributed by atoms with Gasteiger partial charge in [0.1, 0.15) is 0 Å². The second-order valence-corrected chi connectivity index (χ2v) is 19.0. The van der Waals surface area contributed by atoms with Crippen LogP contribution in [0.25, 0.3) is 0 Å². The van der Waals surface area contributed by atoms with E-state index in [1.807, 2.05) is 0 Å². The van der Waals surface area contributed by atoms with Crippen LogP contribution >= 0.6 is 50.3 Å². The minimum absolute atomic E-state index is 0.217. The Balaban J connectivity index is 2.58. The Hall–Kier alpha value is -0.740. The van der Waals surface area contributed by atoms with Crippen molar-refractivity contribution in [3.05, 3.63) is 91.0 Å². The molecule has 0 aliphatic rings. The molecule has 0 saturated carbocycles. The fourth-order valence-electron chi connectivity index (χ4n) is 3.96. The van der Waals surface area contributed by atoms with Crippen LogP contribution in [0.3, 0.4) is 0 Å². The molecule has 4 heteroatoms. The van der Waals surface area contributed by atoms with E-state index in [0.29, 0.717) is 0 Å². The van der Waals surface area contributed by atoms with Crippen LogP contribution in [0.15, 0.2) is 91.0 Å². The molecule has 0 heterocycles. The van der Waals surface area contributed by atoms with Gasteiger partial charge in [-0.3, -0.25) is 0 Å². The molecule has 0 spiro atoms. The summed E-state index contributed by atoms with van der Waals surface area (Å²) in [6, 6.07) is 32.9. The summed E-state index contributed by atoms with van der Waals surface area (Å²) in [6.07, 6.45) is 2.10. The van der Waals surface area contributed by atoms with E-state index in [0.717, 1.165) is 4.20 Å². The van der Waals surface area contributed by atoms with Gasteiger partial charge in [-0.25, -0.2) is 0 Å². The first kappa shape index (κ1) is 21.0. The molecule has 3 rings (SSSR count). The van der Waals surface area contributed by atoms with Crippen LogP contribution in [0.5, 0.6) is 0 Å². The number of hydrogen-bond donors (Lipinski definition) is 0. The molecular weight excluding hydrogens is 498 g/mol. The Kier molecular flexibility index (Phi) is 6.17. The molecule has 0 aliphatic heterocycles. The average Bonchev–Trinajstić information content (AvgIpc) is 2.74. The van der Waals surface area contributed by atoms with Crippen molar-refractivity contribution >= 4 is 70.4 Å². The third-order valence-corrected chi connectivity index (χ3v) is 22.4. The molecule has 0 aliphatic carbocycles. The maximum absolute atomic E-state index is 6.00. The van der Waals surface area contributed by atoms with Gasteiger partial charge in [0.05, 0.1) is 0 Å². The van der Waals surface area contributed by atoms with Gasteiger partial charge >= 0.3 is 187 Å². The van der Waals surface area contributed by atoms with E-state index in [2.05, 4.69) is 133 Å². The second kappa shape index (κ2) is 7.94. The number of benzene rings is 3. The zero-order valence-corrected chi connectivity index (χ0v) is 20.5. The standard InChI is InChI=1S/C23H24IPS2/c1-23(2,22(26)27-3)25(24,19-13-7-4-8-14-19,20-15-9-5-10-16-20)21-17-11-6-12-18-21/h4-18H,1-3H3. The van der Waals surface area contributed by atoms with Crippen molar-refractivity contribution in [1.29, 1.82) is 0 Å². The molecule has 0 aromatic heterocycles. The molecule has 0 unspecified atom stereocenters. The summed E-state index contributed by atoms with van der Waals surface area (Å²) in [4.78, 5) is 0. The monoisotopic (exact) mass is 522 g/mol. The first-order valence-electron chi connectivity index (χ1n) is 8.86. The molecule has 0 N–H and O–H groups in total. The van der Waals surface area contributed by atoms with Gasteiger partial charge in [-0.05, 0) is 0 Å². The average molecular weight is 522 g/mol. The van der Waals surface area contributed by atoms with Crippen LogP contribution in [0.2, 0.25) is 0 Å². The Labute approximate surface area is 185 Å². The van der Waals surface area contributed by atoms with Crippen molar-refractivity contribution in [2.24, 2.45) is 0 Å². The molecule has 0 radical (unpaired) electrons. The quantitative estimate of drug-likeness (QED) is 0.218. The van der Waals surface area contributed by atoms with Gasteiger partial charge in [0, 0.05) is 0 Å². The van der Waals surface area contributed by atoms with Crippen molar-refractivity contribution in [1.82, 2.24) is 0 Å². The molecule has 140 valence electrons. The molecule has 0 saturated heterocycles. The van der Waals surface area contributed by atoms with E-state index in [1.165, 1.54) is 15.9 Å². The van der Waals surface area contributed by atoms with Gasteiger partial charge in [-0.15, -0.1) is 0 Å². The van der Waals surface area contributed by atoms with E-state index in [-0.39, 0.29) is 5.16 Å². The Morgan fingerprint density at radius 1 is 0.741 bits per heavy atom. The molecule has 0 amide bonds. The van der Waals surface area contributed by atoms with Gasteiger partial charge in [0.15, 0.2) is 0 Å². The maximum atomic E-state index is 6.00. The number of hydrogen-bond acceptors (Lipinski definition) is 2. The van der Waals surface area contributed by atoms with Gasteiger partial charge in [-0.2, -0.15) is 0 Å². The van der Waals surface area contributed by atoms with Gasteiger partial charge in [-0.1, -0.05) is 0 Å². The molecule has 3 aromatic carbocycles. The summed E-state index contributed by atoms with van der Waals surface area (Å²) >= 11 is 10.5. The third kappa shape index (κ3) is 3.02. The van der Waals surface area contributed by atoms with Crippen molar-refractivity contribution in [2.45, 2.75) is 19.0 Å². The molecule has 27 heavy (non-hydrogen) atoms. The number of thioether (sulfide) groups is 1. The molecular formula is C23H24IPS2. The molecule has 0 nitrogen and oxygen atoms in total. The first-order valence-corrected chi connectivity index (χ1v) is 15.5. The Bertz CT molecular complexity index is 825. The molecule has 0 bridgehead atoms. The van der Waals surface area contributed by atoms with Crippen LogP contribution in [0.1, 0.15) is 13.8 Å². The SMILES string of the molecule is CSC(=S)C(C)(C)P(I)(c1ccccc1)(c1ccccc1)c1ccccc1. The van der Waals surface area contributed by atoms with Gasteiger partial charge in [0.25, 0.3) is 0 Å². The van der Waals surface area contributed by atoms with Gasteiger partial charge < -0.3 is 0 Å². The van der Waals surface area contributed by atoms with E-state index < -0.39 is 4.25 Å². The van der Waals surface area contributed by atoms with Crippen molar-refractivity contribution < 1.29 is 0 Å². The third-order valence-electron chi connectivity index (χ3n) is 5.46. The first-order chi connectivity index (χ1) is 12.9. The fourth-order valence-corrected chi connectivity index (χ4v) is 15.8. The summed E-state index contributed by atoms with van der Waals surface area (Å²) in [5.41, 5.74) is 0. The minimum atomic E-state index is -2.95. The van der Waals surface area contributed by atoms with E-state index in [1.54, 1.807) is 11.8 Å². The van der Waals surface area contributed by atoms with Crippen molar-refractivity contribution in [3.8, 4) is 0 Å². The second-order valence-electron chi connectivity index (χ2n) is 7.07. The fraction of sp³-hybridized carbons (Fsp3) is 0.174. The number of halogens is 1. The van der Waals surface area contributed by atoms with E-state index in [4.69, 9.17) is 12.2 Å². The normalized spacial score (nSPS) is 13.6. The van der Waals surface area contributed by atoms with Crippen molar-refractivity contribution in [3.63, 3.8) is 0 Å². The van der Waals surface area contributed by atoms with Crippen molar-refractivity contribution in [2.75, 3.05) is 6.26 Å². The zero-order valence-electron chi connectivity index (χ0n) is 15.8. The van der Waals surface area contributed by atoms with Crippen LogP contribution < -0.4 is 15.9 Å². The van der Waals surface area contributed by atoms with Crippen LogP contribution in [-0.4, -0.2) is 15.6 Å². The van der Waals surface area contributed by atoms with Crippen LogP contribution in [-0.2, 0) is 0 Å². The zero-order chi connectivity index (χ0) is 19.6.